The molecule has 0 aliphatic carbocycles. The summed E-state index contributed by atoms with van der Waals surface area (Å²) < 4.78 is 5.22. The van der Waals surface area contributed by atoms with E-state index in [1.165, 1.54) is 6.92 Å². The zero-order valence-electron chi connectivity index (χ0n) is 8.32. The van der Waals surface area contributed by atoms with Crippen LogP contribution in [0.2, 0.25) is 0 Å². The van der Waals surface area contributed by atoms with Gasteiger partial charge in [-0.05, 0) is 20.3 Å². The molecule has 1 amide bonds. The van der Waals surface area contributed by atoms with Gasteiger partial charge in [-0.15, -0.1) is 0 Å². The lowest BCUT2D eigenvalue weighted by Gasteiger charge is -2.12. The molecule has 1 saturated heterocycles. The first-order chi connectivity index (χ1) is 6.50. The van der Waals surface area contributed by atoms with Gasteiger partial charge in [-0.25, -0.2) is 0 Å². The van der Waals surface area contributed by atoms with Crippen molar-refractivity contribution in [2.75, 3.05) is 6.61 Å². The van der Waals surface area contributed by atoms with Gasteiger partial charge in [0, 0.05) is 0 Å². The molecule has 2 unspecified atom stereocenters. The van der Waals surface area contributed by atoms with Gasteiger partial charge in [-0.2, -0.15) is 0 Å². The number of hydrogen-bond acceptors (Lipinski definition) is 3. The molecule has 0 saturated carbocycles. The molecule has 0 aromatic heterocycles. The maximum Gasteiger partial charge on any atom is 0.325 e. The molecule has 0 aromatic carbocycles. The Morgan fingerprint density at radius 1 is 1.57 bits per heavy atom. The van der Waals surface area contributed by atoms with Crippen LogP contribution in [0.5, 0.6) is 0 Å². The number of aliphatic carboxylic acids is 1. The first kappa shape index (κ1) is 11.0. The monoisotopic (exact) mass is 201 g/mol. The van der Waals surface area contributed by atoms with Gasteiger partial charge < -0.3 is 15.2 Å². The number of ether oxygens (including phenoxy) is 1. The lowest BCUT2D eigenvalue weighted by atomic mass is 10.1. The van der Waals surface area contributed by atoms with Gasteiger partial charge in [0.1, 0.15) is 6.04 Å². The van der Waals surface area contributed by atoms with Gasteiger partial charge in [0.05, 0.1) is 18.6 Å². The van der Waals surface area contributed by atoms with E-state index in [1.807, 2.05) is 6.92 Å². The molecular formula is C9H15NO4. The molecule has 5 nitrogen and oxygen atoms in total. The zero-order chi connectivity index (χ0) is 10.7. The first-order valence-corrected chi connectivity index (χ1v) is 4.65. The van der Waals surface area contributed by atoms with Crippen LogP contribution in [0, 0.1) is 5.92 Å². The second-order valence-electron chi connectivity index (χ2n) is 3.65. The van der Waals surface area contributed by atoms with E-state index in [2.05, 4.69) is 5.32 Å². The Hall–Kier alpha value is -1.10. The van der Waals surface area contributed by atoms with E-state index in [1.54, 1.807) is 0 Å². The van der Waals surface area contributed by atoms with Crippen molar-refractivity contribution in [3.8, 4) is 0 Å². The highest BCUT2D eigenvalue weighted by molar-refractivity contribution is 5.84. The first-order valence-electron chi connectivity index (χ1n) is 4.65. The van der Waals surface area contributed by atoms with E-state index in [0.29, 0.717) is 13.0 Å². The van der Waals surface area contributed by atoms with Crippen molar-refractivity contribution >= 4 is 11.9 Å². The standard InChI is InChI=1S/C9H15NO4/c1-5-3-7(4-14-5)8(11)10-6(2)9(12)13/h5-7H,3-4H2,1-2H3,(H,10,11)(H,12,13)/t5?,6-,7?/m1/s1. The maximum absolute atomic E-state index is 11.5. The Labute approximate surface area is 82.4 Å². The zero-order valence-corrected chi connectivity index (χ0v) is 8.32. The molecule has 80 valence electrons. The van der Waals surface area contributed by atoms with Crippen molar-refractivity contribution in [2.24, 2.45) is 5.92 Å². The lowest BCUT2D eigenvalue weighted by Crippen LogP contribution is -2.41. The predicted molar refractivity (Wildman–Crippen MR) is 48.8 cm³/mol. The minimum absolute atomic E-state index is 0.0888. The molecule has 14 heavy (non-hydrogen) atoms. The molecule has 0 radical (unpaired) electrons. The van der Waals surface area contributed by atoms with Gasteiger partial charge in [0.25, 0.3) is 0 Å². The summed E-state index contributed by atoms with van der Waals surface area (Å²) >= 11 is 0. The highest BCUT2D eigenvalue weighted by Crippen LogP contribution is 2.18. The van der Waals surface area contributed by atoms with Crippen molar-refractivity contribution in [1.29, 1.82) is 0 Å². The fourth-order valence-corrected chi connectivity index (χ4v) is 1.39. The van der Waals surface area contributed by atoms with E-state index in [9.17, 15) is 9.59 Å². The molecule has 5 heteroatoms. The molecule has 1 aliphatic heterocycles. The number of nitrogens with one attached hydrogen (secondary N) is 1. The normalized spacial score (nSPS) is 28.4. The largest absolute Gasteiger partial charge is 0.480 e. The van der Waals surface area contributed by atoms with Crippen molar-refractivity contribution in [3.63, 3.8) is 0 Å². The summed E-state index contributed by atoms with van der Waals surface area (Å²) in [6.45, 7) is 3.73. The minimum atomic E-state index is -1.02. The number of rotatable bonds is 3. The number of hydrogen-bond donors (Lipinski definition) is 2. The van der Waals surface area contributed by atoms with Crippen LogP contribution in [-0.2, 0) is 14.3 Å². The number of carbonyl (C=O) groups excluding carboxylic acids is 1. The summed E-state index contributed by atoms with van der Waals surface area (Å²) in [5.41, 5.74) is 0. The molecule has 0 bridgehead atoms. The third-order valence-corrected chi connectivity index (χ3v) is 2.30. The molecule has 1 heterocycles. The second kappa shape index (κ2) is 4.41. The number of amides is 1. The van der Waals surface area contributed by atoms with Crippen LogP contribution in [-0.4, -0.2) is 35.7 Å². The lowest BCUT2D eigenvalue weighted by molar-refractivity contribution is -0.141. The molecule has 0 aromatic rings. The van der Waals surface area contributed by atoms with Crippen molar-refractivity contribution in [3.05, 3.63) is 0 Å². The van der Waals surface area contributed by atoms with Gasteiger partial charge >= 0.3 is 5.97 Å². The van der Waals surface area contributed by atoms with E-state index >= 15 is 0 Å². The maximum atomic E-state index is 11.5. The average molecular weight is 201 g/mol. The fourth-order valence-electron chi connectivity index (χ4n) is 1.39. The molecule has 0 spiro atoms. The molecule has 3 atom stereocenters. The van der Waals surface area contributed by atoms with Gasteiger partial charge in [-0.1, -0.05) is 0 Å². The quantitative estimate of drug-likeness (QED) is 0.674. The third kappa shape index (κ3) is 2.70. The highest BCUT2D eigenvalue weighted by atomic mass is 16.5. The average Bonchev–Trinajstić information content (AvgIpc) is 2.51. The third-order valence-electron chi connectivity index (χ3n) is 2.30. The van der Waals surface area contributed by atoms with Gasteiger partial charge in [0.15, 0.2) is 0 Å². The van der Waals surface area contributed by atoms with Gasteiger partial charge in [0.2, 0.25) is 5.91 Å². The summed E-state index contributed by atoms with van der Waals surface area (Å²) in [6.07, 6.45) is 0.754. The smallest absolute Gasteiger partial charge is 0.325 e. The van der Waals surface area contributed by atoms with E-state index < -0.39 is 12.0 Å². The Morgan fingerprint density at radius 3 is 2.64 bits per heavy atom. The molecule has 1 fully saturated rings. The van der Waals surface area contributed by atoms with Crippen LogP contribution in [0.25, 0.3) is 0 Å². The van der Waals surface area contributed by atoms with E-state index in [0.717, 1.165) is 0 Å². The van der Waals surface area contributed by atoms with Gasteiger partial charge in [-0.3, -0.25) is 9.59 Å². The molecule has 1 rings (SSSR count). The van der Waals surface area contributed by atoms with E-state index in [-0.39, 0.29) is 17.9 Å². The van der Waals surface area contributed by atoms with Crippen LogP contribution in [0.15, 0.2) is 0 Å². The summed E-state index contributed by atoms with van der Waals surface area (Å²) in [4.78, 5) is 21.9. The fraction of sp³-hybridized carbons (Fsp3) is 0.778. The topological polar surface area (TPSA) is 75.6 Å². The molecule has 1 aliphatic rings. The van der Waals surface area contributed by atoms with Crippen molar-refractivity contribution in [1.82, 2.24) is 5.32 Å². The summed E-state index contributed by atoms with van der Waals surface area (Å²) in [5.74, 6) is -1.46. The van der Waals surface area contributed by atoms with Crippen LogP contribution >= 0.6 is 0 Å². The number of carboxylic acid groups (broad SMARTS) is 1. The van der Waals surface area contributed by atoms with Crippen molar-refractivity contribution in [2.45, 2.75) is 32.4 Å². The number of carbonyl (C=O) groups is 2. The summed E-state index contributed by atoms with van der Waals surface area (Å²) in [6, 6.07) is -0.835. The Morgan fingerprint density at radius 2 is 2.21 bits per heavy atom. The summed E-state index contributed by atoms with van der Waals surface area (Å²) in [7, 11) is 0. The van der Waals surface area contributed by atoms with Crippen LogP contribution < -0.4 is 5.32 Å². The van der Waals surface area contributed by atoms with Crippen LogP contribution in [0.3, 0.4) is 0 Å². The van der Waals surface area contributed by atoms with Crippen LogP contribution in [0.4, 0.5) is 0 Å². The van der Waals surface area contributed by atoms with Crippen LogP contribution in [0.1, 0.15) is 20.3 Å². The number of carboxylic acids is 1. The Balaban J connectivity index is 2.39. The SMILES string of the molecule is CC1CC(C(=O)N[C@H](C)C(=O)O)CO1. The Bertz CT molecular complexity index is 241. The highest BCUT2D eigenvalue weighted by Gasteiger charge is 2.29. The molecule has 2 N–H and O–H groups in total. The Kier molecular flexibility index (Phi) is 3.46. The van der Waals surface area contributed by atoms with Crippen molar-refractivity contribution < 1.29 is 19.4 Å². The minimum Gasteiger partial charge on any atom is -0.480 e. The second-order valence-corrected chi connectivity index (χ2v) is 3.65. The summed E-state index contributed by atoms with van der Waals surface area (Å²) in [5, 5.41) is 11.0. The predicted octanol–water partition coefficient (Wildman–Crippen LogP) is 0.000700. The van der Waals surface area contributed by atoms with E-state index in [4.69, 9.17) is 9.84 Å². The molecular weight excluding hydrogens is 186 g/mol.